The molecular formula is C19H23ClFN3O2. The monoisotopic (exact) mass is 379 g/mol. The van der Waals surface area contributed by atoms with Gasteiger partial charge in [0.1, 0.15) is 12.4 Å². The summed E-state index contributed by atoms with van der Waals surface area (Å²) < 4.78 is 12.9. The number of carbonyl (C=O) groups is 2. The molecule has 2 rings (SSSR count). The number of nitrogens with zero attached hydrogens (tertiary/aromatic N) is 1. The van der Waals surface area contributed by atoms with Crippen molar-refractivity contribution in [1.29, 1.82) is 0 Å². The number of hydrogen-bond donors (Lipinski definition) is 2. The smallest absolute Gasteiger partial charge is 0.244 e. The minimum absolute atomic E-state index is 0. The quantitative estimate of drug-likeness (QED) is 0.756. The van der Waals surface area contributed by atoms with Crippen molar-refractivity contribution < 1.29 is 14.0 Å². The fourth-order valence-corrected chi connectivity index (χ4v) is 2.36. The molecule has 26 heavy (non-hydrogen) atoms. The molecule has 3 N–H and O–H groups in total. The molecule has 0 spiro atoms. The Kier molecular flexibility index (Phi) is 8.06. The molecule has 0 bridgehead atoms. The van der Waals surface area contributed by atoms with Crippen molar-refractivity contribution in [1.82, 2.24) is 4.90 Å². The first-order chi connectivity index (χ1) is 11.8. The summed E-state index contributed by atoms with van der Waals surface area (Å²) in [5.74, 6) is -0.847. The van der Waals surface area contributed by atoms with Crippen LogP contribution in [-0.2, 0) is 16.0 Å². The number of anilines is 2. The molecule has 0 radical (unpaired) electrons. The van der Waals surface area contributed by atoms with Crippen LogP contribution in [0.2, 0.25) is 0 Å². The molecule has 0 unspecified atom stereocenters. The van der Waals surface area contributed by atoms with E-state index in [4.69, 9.17) is 5.73 Å². The molecule has 0 aliphatic rings. The first-order valence-electron chi connectivity index (χ1n) is 8.04. The Morgan fingerprint density at radius 1 is 1.08 bits per heavy atom. The Balaban J connectivity index is 0.00000338. The van der Waals surface area contributed by atoms with E-state index in [1.807, 2.05) is 13.8 Å². The summed E-state index contributed by atoms with van der Waals surface area (Å²) in [6.45, 7) is 3.64. The fraction of sp³-hybridized carbons (Fsp3) is 0.263. The molecule has 0 aromatic heterocycles. The van der Waals surface area contributed by atoms with E-state index >= 15 is 0 Å². The van der Waals surface area contributed by atoms with Gasteiger partial charge in [-0.1, -0.05) is 12.1 Å². The maximum absolute atomic E-state index is 12.9. The van der Waals surface area contributed by atoms with E-state index in [0.717, 1.165) is 5.56 Å². The number of halogens is 2. The Labute approximate surface area is 158 Å². The predicted molar refractivity (Wildman–Crippen MR) is 104 cm³/mol. The third-order valence-electron chi connectivity index (χ3n) is 3.72. The molecule has 2 aromatic rings. The van der Waals surface area contributed by atoms with Gasteiger partial charge < -0.3 is 16.0 Å². The lowest BCUT2D eigenvalue weighted by Gasteiger charge is -2.26. The van der Waals surface area contributed by atoms with Crippen molar-refractivity contribution in [3.8, 4) is 0 Å². The van der Waals surface area contributed by atoms with Gasteiger partial charge in [0.15, 0.2) is 0 Å². The molecule has 5 nitrogen and oxygen atoms in total. The normalized spacial score (nSPS) is 10.2. The van der Waals surface area contributed by atoms with Crippen LogP contribution in [-0.4, -0.2) is 29.3 Å². The lowest BCUT2D eigenvalue weighted by molar-refractivity contribution is -0.135. The third-order valence-corrected chi connectivity index (χ3v) is 3.72. The Morgan fingerprint density at radius 3 is 2.19 bits per heavy atom. The largest absolute Gasteiger partial charge is 0.399 e. The number of benzene rings is 2. The number of amides is 2. The zero-order chi connectivity index (χ0) is 18.4. The van der Waals surface area contributed by atoms with Gasteiger partial charge in [0.05, 0.1) is 6.42 Å². The van der Waals surface area contributed by atoms with Gasteiger partial charge in [-0.15, -0.1) is 12.4 Å². The van der Waals surface area contributed by atoms with E-state index in [1.54, 1.807) is 24.3 Å². The van der Waals surface area contributed by atoms with Crippen LogP contribution in [0.15, 0.2) is 48.5 Å². The number of nitrogens with one attached hydrogen (secondary N) is 1. The number of nitrogens with two attached hydrogens (primary N) is 1. The van der Waals surface area contributed by atoms with E-state index in [-0.39, 0.29) is 49.0 Å². The van der Waals surface area contributed by atoms with Crippen LogP contribution < -0.4 is 11.1 Å². The molecular weight excluding hydrogens is 357 g/mol. The SMILES string of the molecule is CC(C)N(CC(=O)Nc1ccc(F)cc1)C(=O)Cc1ccc(N)cc1.Cl. The van der Waals surface area contributed by atoms with Gasteiger partial charge in [0, 0.05) is 17.4 Å². The topological polar surface area (TPSA) is 75.4 Å². The van der Waals surface area contributed by atoms with E-state index in [2.05, 4.69) is 5.32 Å². The zero-order valence-electron chi connectivity index (χ0n) is 14.7. The van der Waals surface area contributed by atoms with E-state index < -0.39 is 0 Å². The van der Waals surface area contributed by atoms with Crippen molar-refractivity contribution in [3.63, 3.8) is 0 Å². The molecule has 0 atom stereocenters. The highest BCUT2D eigenvalue weighted by atomic mass is 35.5. The van der Waals surface area contributed by atoms with Crippen molar-refractivity contribution in [2.24, 2.45) is 0 Å². The van der Waals surface area contributed by atoms with Crippen molar-refractivity contribution >= 4 is 35.6 Å². The number of hydrogen-bond acceptors (Lipinski definition) is 3. The number of carbonyl (C=O) groups excluding carboxylic acids is 2. The maximum Gasteiger partial charge on any atom is 0.244 e. The second-order valence-electron chi connectivity index (χ2n) is 6.09. The highest BCUT2D eigenvalue weighted by Gasteiger charge is 2.20. The van der Waals surface area contributed by atoms with Crippen molar-refractivity contribution in [2.45, 2.75) is 26.3 Å². The number of rotatable bonds is 6. The van der Waals surface area contributed by atoms with Crippen LogP contribution in [0.1, 0.15) is 19.4 Å². The predicted octanol–water partition coefficient (Wildman–Crippen LogP) is 3.25. The summed E-state index contributed by atoms with van der Waals surface area (Å²) in [6.07, 6.45) is 0.197. The summed E-state index contributed by atoms with van der Waals surface area (Å²) in [7, 11) is 0. The molecule has 0 aliphatic carbocycles. The second kappa shape index (κ2) is 9.77. The van der Waals surface area contributed by atoms with Crippen molar-refractivity contribution in [2.75, 3.05) is 17.6 Å². The lowest BCUT2D eigenvalue weighted by atomic mass is 10.1. The van der Waals surface area contributed by atoms with Gasteiger partial charge in [0.2, 0.25) is 11.8 Å². The van der Waals surface area contributed by atoms with Gasteiger partial charge >= 0.3 is 0 Å². The van der Waals surface area contributed by atoms with Crippen LogP contribution in [0.25, 0.3) is 0 Å². The van der Waals surface area contributed by atoms with E-state index in [9.17, 15) is 14.0 Å². The van der Waals surface area contributed by atoms with Gasteiger partial charge in [-0.3, -0.25) is 9.59 Å². The summed E-state index contributed by atoms with van der Waals surface area (Å²) in [6, 6.07) is 12.4. The summed E-state index contributed by atoms with van der Waals surface area (Å²) in [5.41, 5.74) is 7.60. The second-order valence-corrected chi connectivity index (χ2v) is 6.09. The van der Waals surface area contributed by atoms with E-state index in [0.29, 0.717) is 11.4 Å². The zero-order valence-corrected chi connectivity index (χ0v) is 15.6. The average Bonchev–Trinajstić information content (AvgIpc) is 2.56. The summed E-state index contributed by atoms with van der Waals surface area (Å²) >= 11 is 0. The summed E-state index contributed by atoms with van der Waals surface area (Å²) in [5, 5.41) is 2.66. The van der Waals surface area contributed by atoms with Crippen LogP contribution in [0, 0.1) is 5.82 Å². The van der Waals surface area contributed by atoms with Crippen LogP contribution in [0.4, 0.5) is 15.8 Å². The molecule has 2 aromatic carbocycles. The Morgan fingerprint density at radius 2 is 1.65 bits per heavy atom. The third kappa shape index (κ3) is 6.37. The molecule has 2 amide bonds. The van der Waals surface area contributed by atoms with Crippen molar-refractivity contribution in [3.05, 3.63) is 59.9 Å². The van der Waals surface area contributed by atoms with Crippen LogP contribution in [0.3, 0.4) is 0 Å². The Hall–Kier alpha value is -2.60. The first-order valence-corrected chi connectivity index (χ1v) is 8.04. The lowest BCUT2D eigenvalue weighted by Crippen LogP contribution is -2.43. The molecule has 0 fully saturated rings. The molecule has 0 heterocycles. The average molecular weight is 380 g/mol. The number of nitrogen functional groups attached to an aromatic ring is 1. The van der Waals surface area contributed by atoms with Gasteiger partial charge in [-0.2, -0.15) is 0 Å². The van der Waals surface area contributed by atoms with Crippen LogP contribution in [0.5, 0.6) is 0 Å². The van der Waals surface area contributed by atoms with Crippen LogP contribution >= 0.6 is 12.4 Å². The standard InChI is InChI=1S/C19H22FN3O2.ClH/c1-13(2)23(19(25)11-14-3-7-16(21)8-4-14)12-18(24)22-17-9-5-15(20)6-10-17;/h3-10,13H,11-12,21H2,1-2H3,(H,22,24);1H. The van der Waals surface area contributed by atoms with E-state index in [1.165, 1.54) is 29.2 Å². The minimum atomic E-state index is -0.375. The molecule has 0 saturated heterocycles. The first kappa shape index (κ1) is 21.4. The molecule has 0 aliphatic heterocycles. The molecule has 140 valence electrons. The summed E-state index contributed by atoms with van der Waals surface area (Å²) in [4.78, 5) is 26.2. The maximum atomic E-state index is 12.9. The highest BCUT2D eigenvalue weighted by molar-refractivity contribution is 5.94. The van der Waals surface area contributed by atoms with Gasteiger partial charge in [0.25, 0.3) is 0 Å². The highest BCUT2D eigenvalue weighted by Crippen LogP contribution is 2.11. The van der Waals surface area contributed by atoms with Gasteiger partial charge in [-0.05, 0) is 55.8 Å². The van der Waals surface area contributed by atoms with Gasteiger partial charge in [-0.25, -0.2) is 4.39 Å². The Bertz CT molecular complexity index is 733. The molecule has 7 heteroatoms. The minimum Gasteiger partial charge on any atom is -0.399 e. The fourth-order valence-electron chi connectivity index (χ4n) is 2.36. The molecule has 0 saturated carbocycles.